The lowest BCUT2D eigenvalue weighted by Gasteiger charge is -2.39. The summed E-state index contributed by atoms with van der Waals surface area (Å²) in [6, 6.07) is 6.42. The van der Waals surface area contributed by atoms with Gasteiger partial charge in [-0.3, -0.25) is 9.63 Å². The topological polar surface area (TPSA) is 53.0 Å². The molecule has 0 spiro atoms. The maximum absolute atomic E-state index is 13.8. The van der Waals surface area contributed by atoms with Gasteiger partial charge in [0.25, 0.3) is 5.91 Å². The van der Waals surface area contributed by atoms with Gasteiger partial charge in [0.2, 0.25) is 0 Å². The molecule has 2 aliphatic rings. The maximum Gasteiger partial charge on any atom is 0.256 e. The Labute approximate surface area is 129 Å². The van der Waals surface area contributed by atoms with Crippen molar-refractivity contribution in [2.45, 2.75) is 31.4 Å². The average molecular weight is 308 g/mol. The van der Waals surface area contributed by atoms with Crippen LogP contribution in [0.5, 0.6) is 0 Å². The van der Waals surface area contributed by atoms with Gasteiger partial charge in [-0.1, -0.05) is 18.2 Å². The van der Waals surface area contributed by atoms with E-state index >= 15 is 0 Å². The Morgan fingerprint density at radius 1 is 1.27 bits per heavy atom. The molecular formula is C16H21FN2O3. The van der Waals surface area contributed by atoms with E-state index in [0.717, 1.165) is 13.0 Å². The quantitative estimate of drug-likeness (QED) is 0.911. The Morgan fingerprint density at radius 3 is 2.82 bits per heavy atom. The van der Waals surface area contributed by atoms with E-state index in [4.69, 9.17) is 4.84 Å². The number of piperidine rings is 1. The first kappa shape index (κ1) is 15.4. The van der Waals surface area contributed by atoms with Gasteiger partial charge in [0, 0.05) is 25.2 Å². The molecule has 120 valence electrons. The number of halogens is 1. The Balaban J connectivity index is 1.70. The van der Waals surface area contributed by atoms with E-state index in [0.29, 0.717) is 31.6 Å². The van der Waals surface area contributed by atoms with Crippen LogP contribution in [0.3, 0.4) is 0 Å². The van der Waals surface area contributed by atoms with Crippen LogP contribution >= 0.6 is 0 Å². The number of β-amino-alcohol motifs (C(OH)–C–C–N with tert-alkyl or cyclic N) is 1. The van der Waals surface area contributed by atoms with Crippen LogP contribution in [0.1, 0.15) is 24.8 Å². The summed E-state index contributed by atoms with van der Waals surface area (Å²) < 4.78 is 13.8. The molecule has 0 bridgehead atoms. The molecule has 3 rings (SSSR count). The molecule has 6 heteroatoms. The highest BCUT2D eigenvalue weighted by Gasteiger charge is 2.44. The minimum Gasteiger partial charge on any atom is -0.379 e. The zero-order chi connectivity index (χ0) is 15.6. The predicted molar refractivity (Wildman–Crippen MR) is 78.1 cm³/mol. The third-order valence-electron chi connectivity index (χ3n) is 4.29. The van der Waals surface area contributed by atoms with Crippen LogP contribution in [0.4, 0.5) is 4.39 Å². The molecular weight excluding hydrogens is 287 g/mol. The molecule has 0 unspecified atom stereocenters. The molecule has 2 saturated heterocycles. The van der Waals surface area contributed by atoms with Crippen molar-refractivity contribution < 1.29 is 19.1 Å². The lowest BCUT2D eigenvalue weighted by atomic mass is 9.91. The first-order valence-electron chi connectivity index (χ1n) is 7.71. The van der Waals surface area contributed by atoms with Crippen LogP contribution in [-0.4, -0.2) is 52.8 Å². The van der Waals surface area contributed by atoms with E-state index in [9.17, 15) is 14.3 Å². The monoisotopic (exact) mass is 308 g/mol. The Hall–Kier alpha value is -1.50. The highest BCUT2D eigenvalue weighted by Crippen LogP contribution is 2.26. The van der Waals surface area contributed by atoms with Gasteiger partial charge in [0.1, 0.15) is 5.82 Å². The van der Waals surface area contributed by atoms with Gasteiger partial charge in [0.15, 0.2) is 5.60 Å². The molecule has 1 aromatic rings. The summed E-state index contributed by atoms with van der Waals surface area (Å²) in [7, 11) is 0. The zero-order valence-corrected chi connectivity index (χ0v) is 12.5. The summed E-state index contributed by atoms with van der Waals surface area (Å²) in [5, 5.41) is 12.4. The molecule has 0 aromatic heterocycles. The first-order chi connectivity index (χ1) is 10.6. The molecule has 1 N–H and O–H groups in total. The third-order valence-corrected chi connectivity index (χ3v) is 4.29. The fourth-order valence-corrected chi connectivity index (χ4v) is 3.11. The number of aliphatic hydroxyl groups is 1. The van der Waals surface area contributed by atoms with Crippen molar-refractivity contribution in [2.75, 3.05) is 26.2 Å². The normalized spacial score (nSPS) is 26.6. The van der Waals surface area contributed by atoms with Crippen LogP contribution in [-0.2, 0) is 16.2 Å². The standard InChI is InChI=1S/C16H21FN2O3/c17-14-6-2-1-5-13(14)11-18-8-3-7-16(21,15(18)20)12-19-9-4-10-22-19/h1-2,5-6,21H,3-4,7-12H2/t16-/m1/s1. The summed E-state index contributed by atoms with van der Waals surface area (Å²) >= 11 is 0. The number of amides is 1. The summed E-state index contributed by atoms with van der Waals surface area (Å²) in [6.45, 7) is 2.26. The second-order valence-electron chi connectivity index (χ2n) is 6.00. The lowest BCUT2D eigenvalue weighted by Crippen LogP contribution is -2.57. The number of nitrogens with zero attached hydrogens (tertiary/aromatic N) is 2. The second-order valence-corrected chi connectivity index (χ2v) is 6.00. The number of hydrogen-bond donors (Lipinski definition) is 1. The van der Waals surface area contributed by atoms with E-state index in [1.807, 2.05) is 0 Å². The van der Waals surface area contributed by atoms with Gasteiger partial charge in [-0.15, -0.1) is 0 Å². The van der Waals surface area contributed by atoms with E-state index in [-0.39, 0.29) is 24.8 Å². The van der Waals surface area contributed by atoms with Crippen LogP contribution in [0.2, 0.25) is 0 Å². The zero-order valence-electron chi connectivity index (χ0n) is 12.5. The highest BCUT2D eigenvalue weighted by molar-refractivity contribution is 5.86. The van der Waals surface area contributed by atoms with Crippen LogP contribution in [0, 0.1) is 5.82 Å². The Kier molecular flexibility index (Phi) is 4.42. The summed E-state index contributed by atoms with van der Waals surface area (Å²) in [5.74, 6) is -0.662. The van der Waals surface area contributed by atoms with Gasteiger partial charge in [-0.2, -0.15) is 5.06 Å². The summed E-state index contributed by atoms with van der Waals surface area (Å²) in [4.78, 5) is 19.5. The van der Waals surface area contributed by atoms with Gasteiger partial charge < -0.3 is 10.0 Å². The number of rotatable bonds is 4. The second kappa shape index (κ2) is 6.32. The average Bonchev–Trinajstić information content (AvgIpc) is 2.99. The summed E-state index contributed by atoms with van der Waals surface area (Å²) in [6.07, 6.45) is 2.02. The van der Waals surface area contributed by atoms with Crippen LogP contribution in [0.15, 0.2) is 24.3 Å². The number of likely N-dealkylation sites (tertiary alicyclic amines) is 1. The molecule has 2 aliphatic heterocycles. The minimum absolute atomic E-state index is 0.180. The lowest BCUT2D eigenvalue weighted by molar-refractivity contribution is -0.182. The number of carbonyl (C=O) groups is 1. The van der Waals surface area contributed by atoms with Gasteiger partial charge in [0.05, 0.1) is 13.2 Å². The molecule has 2 fully saturated rings. The van der Waals surface area contributed by atoms with E-state index in [2.05, 4.69) is 0 Å². The molecule has 0 saturated carbocycles. The van der Waals surface area contributed by atoms with Gasteiger partial charge in [-0.05, 0) is 25.3 Å². The SMILES string of the molecule is O=C1N(Cc2ccccc2F)CCC[C@@]1(O)CN1CCCO1. The largest absolute Gasteiger partial charge is 0.379 e. The number of carbonyl (C=O) groups excluding carboxylic acids is 1. The van der Waals surface area contributed by atoms with E-state index in [1.165, 1.54) is 11.0 Å². The number of benzene rings is 1. The Morgan fingerprint density at radius 2 is 2.09 bits per heavy atom. The van der Waals surface area contributed by atoms with E-state index < -0.39 is 5.60 Å². The summed E-state index contributed by atoms with van der Waals surface area (Å²) in [5.41, 5.74) is -0.967. The fraction of sp³-hybridized carbons (Fsp3) is 0.562. The van der Waals surface area contributed by atoms with Crippen molar-refractivity contribution >= 4 is 5.91 Å². The third kappa shape index (κ3) is 3.14. The molecule has 2 heterocycles. The molecule has 1 atom stereocenters. The van der Waals surface area contributed by atoms with Crippen LogP contribution in [0.25, 0.3) is 0 Å². The van der Waals surface area contributed by atoms with Gasteiger partial charge >= 0.3 is 0 Å². The molecule has 1 aromatic carbocycles. The van der Waals surface area contributed by atoms with Crippen molar-refractivity contribution in [1.29, 1.82) is 0 Å². The van der Waals surface area contributed by atoms with Crippen molar-refractivity contribution in [3.05, 3.63) is 35.6 Å². The van der Waals surface area contributed by atoms with Crippen molar-refractivity contribution in [3.63, 3.8) is 0 Å². The highest BCUT2D eigenvalue weighted by atomic mass is 19.1. The maximum atomic E-state index is 13.8. The molecule has 0 aliphatic carbocycles. The van der Waals surface area contributed by atoms with Gasteiger partial charge in [-0.25, -0.2) is 4.39 Å². The van der Waals surface area contributed by atoms with Crippen molar-refractivity contribution in [3.8, 4) is 0 Å². The fourth-order valence-electron chi connectivity index (χ4n) is 3.11. The molecule has 0 radical (unpaired) electrons. The minimum atomic E-state index is -1.44. The number of hydroxylamine groups is 2. The number of hydrogen-bond acceptors (Lipinski definition) is 4. The van der Waals surface area contributed by atoms with Crippen LogP contribution < -0.4 is 0 Å². The van der Waals surface area contributed by atoms with Crippen molar-refractivity contribution in [2.24, 2.45) is 0 Å². The smallest absolute Gasteiger partial charge is 0.256 e. The molecule has 5 nitrogen and oxygen atoms in total. The van der Waals surface area contributed by atoms with E-state index in [1.54, 1.807) is 23.3 Å². The molecule has 1 amide bonds. The predicted octanol–water partition coefficient (Wildman–Crippen LogP) is 1.32. The molecule has 22 heavy (non-hydrogen) atoms. The first-order valence-corrected chi connectivity index (χ1v) is 7.71. The van der Waals surface area contributed by atoms with Crippen molar-refractivity contribution in [1.82, 2.24) is 9.96 Å². The Bertz CT molecular complexity index is 548.